The van der Waals surface area contributed by atoms with Crippen LogP contribution in [0.4, 0.5) is 0 Å². The summed E-state index contributed by atoms with van der Waals surface area (Å²) in [6, 6.07) is 3.67. The summed E-state index contributed by atoms with van der Waals surface area (Å²) in [5.74, 6) is -1.56. The molecule has 7 heteroatoms. The van der Waals surface area contributed by atoms with E-state index in [1.54, 1.807) is 12.1 Å². The highest BCUT2D eigenvalue weighted by molar-refractivity contribution is 6.43. The maximum Gasteiger partial charge on any atom is 0.328 e. The van der Waals surface area contributed by atoms with Gasteiger partial charge in [-0.25, -0.2) is 4.79 Å². The molecule has 0 spiro atoms. The van der Waals surface area contributed by atoms with Crippen molar-refractivity contribution in [1.82, 2.24) is 4.90 Å². The topological polar surface area (TPSA) is 66.8 Å². The van der Waals surface area contributed by atoms with Gasteiger partial charge < -0.3 is 14.7 Å². The number of rotatable bonds is 2. The fourth-order valence-electron chi connectivity index (χ4n) is 1.88. The van der Waals surface area contributed by atoms with E-state index in [2.05, 4.69) is 0 Å². The van der Waals surface area contributed by atoms with Crippen LogP contribution in [-0.2, 0) is 9.53 Å². The third-order valence-electron chi connectivity index (χ3n) is 2.86. The monoisotopic (exact) mass is 303 g/mol. The van der Waals surface area contributed by atoms with E-state index in [-0.39, 0.29) is 28.8 Å². The van der Waals surface area contributed by atoms with Crippen LogP contribution in [0.25, 0.3) is 0 Å². The van der Waals surface area contributed by atoms with Crippen molar-refractivity contribution < 1.29 is 19.4 Å². The molecule has 1 atom stereocenters. The number of ether oxygens (including phenoxy) is 1. The van der Waals surface area contributed by atoms with Crippen molar-refractivity contribution in [2.75, 3.05) is 19.8 Å². The highest BCUT2D eigenvalue weighted by Crippen LogP contribution is 2.27. The zero-order chi connectivity index (χ0) is 14.0. The summed E-state index contributed by atoms with van der Waals surface area (Å²) in [5, 5.41) is 9.48. The molecule has 2 rings (SSSR count). The summed E-state index contributed by atoms with van der Waals surface area (Å²) < 4.78 is 5.08. The lowest BCUT2D eigenvalue weighted by Crippen LogP contribution is -2.52. The number of carboxylic acids is 1. The van der Waals surface area contributed by atoms with Crippen LogP contribution in [-0.4, -0.2) is 47.7 Å². The third-order valence-corrected chi connectivity index (χ3v) is 3.68. The summed E-state index contributed by atoms with van der Waals surface area (Å²) in [5.41, 5.74) is 0.197. The van der Waals surface area contributed by atoms with Gasteiger partial charge >= 0.3 is 5.97 Å². The smallest absolute Gasteiger partial charge is 0.328 e. The molecule has 0 bridgehead atoms. The van der Waals surface area contributed by atoms with Crippen molar-refractivity contribution in [3.8, 4) is 0 Å². The van der Waals surface area contributed by atoms with E-state index in [1.165, 1.54) is 11.0 Å². The number of hydrogen-bond donors (Lipinski definition) is 1. The van der Waals surface area contributed by atoms with Crippen LogP contribution >= 0.6 is 23.2 Å². The number of morpholine rings is 1. The summed E-state index contributed by atoms with van der Waals surface area (Å²) in [4.78, 5) is 24.7. The van der Waals surface area contributed by atoms with Crippen LogP contribution < -0.4 is 0 Å². The molecule has 1 N–H and O–H groups in total. The molecule has 1 amide bonds. The SMILES string of the molecule is O=C(O)[C@H]1COCCN1C(=O)c1cccc(Cl)c1Cl. The number of benzene rings is 1. The van der Waals surface area contributed by atoms with Crippen LogP contribution in [0, 0.1) is 0 Å². The molecule has 19 heavy (non-hydrogen) atoms. The minimum atomic E-state index is -1.11. The third kappa shape index (κ3) is 2.83. The Morgan fingerprint density at radius 2 is 2.11 bits per heavy atom. The van der Waals surface area contributed by atoms with Crippen LogP contribution in [0.2, 0.25) is 10.0 Å². The lowest BCUT2D eigenvalue weighted by molar-refractivity contribution is -0.147. The van der Waals surface area contributed by atoms with Crippen molar-refractivity contribution in [2.45, 2.75) is 6.04 Å². The predicted molar refractivity (Wildman–Crippen MR) is 69.7 cm³/mol. The number of amides is 1. The molecule has 5 nitrogen and oxygen atoms in total. The Kier molecular flexibility index (Phi) is 4.29. The van der Waals surface area contributed by atoms with Crippen molar-refractivity contribution in [1.29, 1.82) is 0 Å². The van der Waals surface area contributed by atoms with Gasteiger partial charge in [-0.1, -0.05) is 29.3 Å². The van der Waals surface area contributed by atoms with Gasteiger partial charge in [-0.2, -0.15) is 0 Å². The Morgan fingerprint density at radius 1 is 1.37 bits per heavy atom. The van der Waals surface area contributed by atoms with Gasteiger partial charge in [-0.3, -0.25) is 4.79 Å². The first-order chi connectivity index (χ1) is 9.02. The Bertz CT molecular complexity index is 520. The Balaban J connectivity index is 2.31. The number of carboxylic acid groups (broad SMARTS) is 1. The molecule has 1 saturated heterocycles. The highest BCUT2D eigenvalue weighted by atomic mass is 35.5. The van der Waals surface area contributed by atoms with Crippen LogP contribution in [0.1, 0.15) is 10.4 Å². The second kappa shape index (κ2) is 5.77. The fourth-order valence-corrected chi connectivity index (χ4v) is 2.26. The van der Waals surface area contributed by atoms with E-state index in [0.29, 0.717) is 6.61 Å². The van der Waals surface area contributed by atoms with Crippen molar-refractivity contribution in [3.63, 3.8) is 0 Å². The van der Waals surface area contributed by atoms with Crippen molar-refractivity contribution in [3.05, 3.63) is 33.8 Å². The maximum absolute atomic E-state index is 12.4. The van der Waals surface area contributed by atoms with Gasteiger partial charge in [0.05, 0.1) is 28.8 Å². The molecule has 1 aliphatic heterocycles. The molecular weight excluding hydrogens is 293 g/mol. The van der Waals surface area contributed by atoms with E-state index < -0.39 is 17.9 Å². The average molecular weight is 304 g/mol. The molecule has 1 aromatic carbocycles. The first kappa shape index (κ1) is 14.1. The highest BCUT2D eigenvalue weighted by Gasteiger charge is 2.34. The van der Waals surface area contributed by atoms with Gasteiger partial charge in [-0.05, 0) is 12.1 Å². The lowest BCUT2D eigenvalue weighted by Gasteiger charge is -2.33. The summed E-state index contributed by atoms with van der Waals surface area (Å²) in [7, 11) is 0. The molecule has 0 aliphatic carbocycles. The standard InChI is InChI=1S/C12H11Cl2NO4/c13-8-3-1-2-7(10(8)14)11(16)15-4-5-19-6-9(15)12(17)18/h1-3,9H,4-6H2,(H,17,18)/t9-/m1/s1. The summed E-state index contributed by atoms with van der Waals surface area (Å²) in [6.07, 6.45) is 0. The number of halogens is 2. The zero-order valence-corrected chi connectivity index (χ0v) is 11.3. The molecule has 1 fully saturated rings. The fraction of sp³-hybridized carbons (Fsp3) is 0.333. The Morgan fingerprint density at radius 3 is 2.79 bits per heavy atom. The van der Waals surface area contributed by atoms with Gasteiger partial charge in [0.2, 0.25) is 0 Å². The first-order valence-corrected chi connectivity index (χ1v) is 6.33. The quantitative estimate of drug-likeness (QED) is 0.906. The van der Waals surface area contributed by atoms with Crippen LogP contribution in [0.15, 0.2) is 18.2 Å². The van der Waals surface area contributed by atoms with Gasteiger partial charge in [0.25, 0.3) is 5.91 Å². The van der Waals surface area contributed by atoms with Gasteiger partial charge in [-0.15, -0.1) is 0 Å². The van der Waals surface area contributed by atoms with E-state index in [4.69, 9.17) is 33.0 Å². The van der Waals surface area contributed by atoms with E-state index >= 15 is 0 Å². The van der Waals surface area contributed by atoms with Crippen molar-refractivity contribution in [2.24, 2.45) is 0 Å². The Hall–Kier alpha value is -1.30. The normalized spacial score (nSPS) is 19.3. The number of carbonyl (C=O) groups excluding carboxylic acids is 1. The molecule has 0 unspecified atom stereocenters. The second-order valence-electron chi connectivity index (χ2n) is 4.03. The largest absolute Gasteiger partial charge is 0.480 e. The number of nitrogens with zero attached hydrogens (tertiary/aromatic N) is 1. The molecular formula is C12H11Cl2NO4. The van der Waals surface area contributed by atoms with E-state index in [1.807, 2.05) is 0 Å². The summed E-state index contributed by atoms with van der Waals surface area (Å²) in [6.45, 7) is 0.478. The van der Waals surface area contributed by atoms with Gasteiger partial charge in [0.15, 0.2) is 6.04 Å². The molecule has 0 aromatic heterocycles. The number of hydrogen-bond acceptors (Lipinski definition) is 3. The number of aliphatic carboxylic acids is 1. The number of carbonyl (C=O) groups is 2. The molecule has 1 aliphatic rings. The van der Waals surface area contributed by atoms with Gasteiger partial charge in [0.1, 0.15) is 0 Å². The molecule has 102 valence electrons. The minimum absolute atomic E-state index is 0.0285. The molecule has 0 radical (unpaired) electrons. The van der Waals surface area contributed by atoms with Crippen LogP contribution in [0.3, 0.4) is 0 Å². The second-order valence-corrected chi connectivity index (χ2v) is 4.81. The Labute approximate surface area is 119 Å². The van der Waals surface area contributed by atoms with Gasteiger partial charge in [0, 0.05) is 6.54 Å². The lowest BCUT2D eigenvalue weighted by atomic mass is 10.1. The van der Waals surface area contributed by atoms with E-state index in [9.17, 15) is 9.59 Å². The zero-order valence-electron chi connectivity index (χ0n) is 9.81. The molecule has 0 saturated carbocycles. The maximum atomic E-state index is 12.4. The molecule has 1 heterocycles. The minimum Gasteiger partial charge on any atom is -0.480 e. The molecule has 1 aromatic rings. The van der Waals surface area contributed by atoms with Crippen LogP contribution in [0.5, 0.6) is 0 Å². The summed E-state index contributed by atoms with van der Waals surface area (Å²) >= 11 is 11.8. The van der Waals surface area contributed by atoms with E-state index in [0.717, 1.165) is 0 Å². The first-order valence-electron chi connectivity index (χ1n) is 5.58. The predicted octanol–water partition coefficient (Wildman–Crippen LogP) is 1.92. The average Bonchev–Trinajstić information content (AvgIpc) is 2.41. The van der Waals surface area contributed by atoms with Crippen molar-refractivity contribution >= 4 is 35.1 Å².